The predicted octanol–water partition coefficient (Wildman–Crippen LogP) is 5.24. The van der Waals surface area contributed by atoms with E-state index >= 15 is 0 Å². The Morgan fingerprint density at radius 3 is 2.58 bits per heavy atom. The third-order valence-electron chi connectivity index (χ3n) is 3.20. The van der Waals surface area contributed by atoms with Crippen molar-refractivity contribution in [3.63, 3.8) is 0 Å². The zero-order valence-electron chi connectivity index (χ0n) is 10.2. The Bertz CT molecular complexity index is 666. The van der Waals surface area contributed by atoms with Gasteiger partial charge in [-0.25, -0.2) is 4.39 Å². The average Bonchev–Trinajstić information content (AvgIpc) is 2.80. The second kappa shape index (κ2) is 5.14. The summed E-state index contributed by atoms with van der Waals surface area (Å²) < 4.78 is 13.9. The quantitative estimate of drug-likeness (QED) is 0.711. The van der Waals surface area contributed by atoms with Gasteiger partial charge in [0.05, 0.1) is 0 Å². The Balaban J connectivity index is 1.78. The lowest BCUT2D eigenvalue weighted by Gasteiger charge is -1.98. The minimum absolute atomic E-state index is 0.200. The van der Waals surface area contributed by atoms with Gasteiger partial charge in [-0.3, -0.25) is 0 Å². The second-order valence-electron chi connectivity index (χ2n) is 4.62. The van der Waals surface area contributed by atoms with Gasteiger partial charge in [0.25, 0.3) is 0 Å². The molecule has 3 rings (SSSR count). The minimum Gasteiger partial charge on any atom is -0.207 e. The molecule has 2 heteroatoms. The lowest BCUT2D eigenvalue weighted by molar-refractivity contribution is 0.628. The summed E-state index contributed by atoms with van der Waals surface area (Å²) >= 11 is 3.49. The Morgan fingerprint density at radius 1 is 1.00 bits per heavy atom. The van der Waals surface area contributed by atoms with Crippen molar-refractivity contribution in [3.8, 4) is 0 Å². The third-order valence-corrected chi connectivity index (χ3v) is 3.69. The standard InChI is InChI=1S/C17H12BrF/c18-16-6-5-14-9-13(10-15(14)11-16)2-1-12-3-7-17(19)8-4-12/h1-9,11H,10H2/b2-1+. The molecule has 0 bridgehead atoms. The summed E-state index contributed by atoms with van der Waals surface area (Å²) in [5.41, 5.74) is 4.91. The number of hydrogen-bond acceptors (Lipinski definition) is 0. The van der Waals surface area contributed by atoms with Crippen LogP contribution in [0.1, 0.15) is 16.7 Å². The lowest BCUT2D eigenvalue weighted by atomic mass is 10.1. The van der Waals surface area contributed by atoms with Crippen LogP contribution in [0.2, 0.25) is 0 Å². The van der Waals surface area contributed by atoms with Crippen LogP contribution in [-0.2, 0) is 6.42 Å². The van der Waals surface area contributed by atoms with Crippen LogP contribution in [0.15, 0.2) is 58.6 Å². The van der Waals surface area contributed by atoms with Gasteiger partial charge >= 0.3 is 0 Å². The first kappa shape index (κ1) is 12.4. The van der Waals surface area contributed by atoms with E-state index in [1.165, 1.54) is 28.8 Å². The monoisotopic (exact) mass is 314 g/mol. The normalized spacial score (nSPS) is 13.7. The highest BCUT2D eigenvalue weighted by Crippen LogP contribution is 2.28. The SMILES string of the molecule is Fc1ccc(/C=C/C2=Cc3ccc(Br)cc3C2)cc1. The van der Waals surface area contributed by atoms with E-state index in [1.54, 1.807) is 12.1 Å². The van der Waals surface area contributed by atoms with Gasteiger partial charge in [-0.05, 0) is 52.9 Å². The fourth-order valence-corrected chi connectivity index (χ4v) is 2.63. The molecule has 0 saturated carbocycles. The first-order valence-electron chi connectivity index (χ1n) is 6.13. The highest BCUT2D eigenvalue weighted by molar-refractivity contribution is 9.10. The molecule has 94 valence electrons. The van der Waals surface area contributed by atoms with Crippen molar-refractivity contribution in [2.75, 3.05) is 0 Å². The van der Waals surface area contributed by atoms with Crippen molar-refractivity contribution in [3.05, 3.63) is 81.1 Å². The molecule has 0 heterocycles. The Morgan fingerprint density at radius 2 is 1.79 bits per heavy atom. The molecule has 0 radical (unpaired) electrons. The molecule has 2 aromatic rings. The first-order chi connectivity index (χ1) is 9.20. The van der Waals surface area contributed by atoms with E-state index in [0.29, 0.717) is 0 Å². The van der Waals surface area contributed by atoms with Crippen LogP contribution >= 0.6 is 15.9 Å². The average molecular weight is 315 g/mol. The van der Waals surface area contributed by atoms with Crippen molar-refractivity contribution in [1.29, 1.82) is 0 Å². The van der Waals surface area contributed by atoms with Gasteiger partial charge in [-0.2, -0.15) is 0 Å². The fraction of sp³-hybridized carbons (Fsp3) is 0.0588. The summed E-state index contributed by atoms with van der Waals surface area (Å²) in [5, 5.41) is 0. The van der Waals surface area contributed by atoms with Crippen LogP contribution in [0.5, 0.6) is 0 Å². The van der Waals surface area contributed by atoms with E-state index < -0.39 is 0 Å². The number of halogens is 2. The van der Waals surface area contributed by atoms with Gasteiger partial charge in [-0.1, -0.05) is 52.4 Å². The molecule has 2 aromatic carbocycles. The van der Waals surface area contributed by atoms with Crippen molar-refractivity contribution < 1.29 is 4.39 Å². The second-order valence-corrected chi connectivity index (χ2v) is 5.54. The summed E-state index contributed by atoms with van der Waals surface area (Å²) in [7, 11) is 0. The number of benzene rings is 2. The summed E-state index contributed by atoms with van der Waals surface area (Å²) in [6.45, 7) is 0. The molecule has 0 saturated heterocycles. The number of rotatable bonds is 2. The van der Waals surface area contributed by atoms with Gasteiger partial charge in [0.1, 0.15) is 5.82 Å². The molecule has 0 aromatic heterocycles. The molecule has 0 atom stereocenters. The third kappa shape index (κ3) is 2.85. The molecule has 1 aliphatic carbocycles. The van der Waals surface area contributed by atoms with E-state index in [4.69, 9.17) is 0 Å². The molecule has 0 aliphatic heterocycles. The Kier molecular flexibility index (Phi) is 3.34. The van der Waals surface area contributed by atoms with Gasteiger partial charge in [0, 0.05) is 4.47 Å². The van der Waals surface area contributed by atoms with Crippen LogP contribution in [0.3, 0.4) is 0 Å². The highest BCUT2D eigenvalue weighted by atomic mass is 79.9. The van der Waals surface area contributed by atoms with Gasteiger partial charge in [0.15, 0.2) is 0 Å². The molecule has 0 fully saturated rings. The Labute approximate surface area is 120 Å². The molecule has 1 aliphatic rings. The zero-order chi connectivity index (χ0) is 13.2. The zero-order valence-corrected chi connectivity index (χ0v) is 11.8. The van der Waals surface area contributed by atoms with Crippen molar-refractivity contribution in [2.45, 2.75) is 6.42 Å². The summed E-state index contributed by atoms with van der Waals surface area (Å²) in [5.74, 6) is -0.200. The van der Waals surface area contributed by atoms with Crippen molar-refractivity contribution in [2.24, 2.45) is 0 Å². The van der Waals surface area contributed by atoms with Gasteiger partial charge < -0.3 is 0 Å². The van der Waals surface area contributed by atoms with Crippen LogP contribution < -0.4 is 0 Å². The molecule has 19 heavy (non-hydrogen) atoms. The van der Waals surface area contributed by atoms with Crippen molar-refractivity contribution >= 4 is 28.1 Å². The summed E-state index contributed by atoms with van der Waals surface area (Å²) in [4.78, 5) is 0. The molecule has 0 nitrogen and oxygen atoms in total. The van der Waals surface area contributed by atoms with Gasteiger partial charge in [-0.15, -0.1) is 0 Å². The van der Waals surface area contributed by atoms with Crippen LogP contribution in [-0.4, -0.2) is 0 Å². The van der Waals surface area contributed by atoms with Crippen molar-refractivity contribution in [1.82, 2.24) is 0 Å². The number of fused-ring (bicyclic) bond motifs is 1. The topological polar surface area (TPSA) is 0 Å². The Hall–Kier alpha value is -1.67. The molecule has 0 spiro atoms. The lowest BCUT2D eigenvalue weighted by Crippen LogP contribution is -1.82. The van der Waals surface area contributed by atoms with Crippen LogP contribution in [0.4, 0.5) is 4.39 Å². The number of hydrogen-bond donors (Lipinski definition) is 0. The maximum absolute atomic E-state index is 12.8. The van der Waals surface area contributed by atoms with E-state index in [1.807, 2.05) is 6.08 Å². The fourth-order valence-electron chi connectivity index (χ4n) is 2.22. The van der Waals surface area contributed by atoms with Crippen LogP contribution in [0.25, 0.3) is 12.2 Å². The maximum atomic E-state index is 12.8. The largest absolute Gasteiger partial charge is 0.207 e. The highest BCUT2D eigenvalue weighted by Gasteiger charge is 2.10. The van der Waals surface area contributed by atoms with E-state index in [9.17, 15) is 4.39 Å². The minimum atomic E-state index is -0.200. The summed E-state index contributed by atoms with van der Waals surface area (Å²) in [6, 6.07) is 12.9. The molecular weight excluding hydrogens is 303 g/mol. The maximum Gasteiger partial charge on any atom is 0.123 e. The summed E-state index contributed by atoms with van der Waals surface area (Å²) in [6.07, 6.45) is 7.27. The van der Waals surface area contributed by atoms with Crippen LogP contribution in [0, 0.1) is 5.82 Å². The van der Waals surface area contributed by atoms with E-state index in [2.05, 4.69) is 46.3 Å². The smallest absolute Gasteiger partial charge is 0.123 e. The molecule has 0 amide bonds. The molecule has 0 unspecified atom stereocenters. The molecular formula is C17H12BrF. The van der Waals surface area contributed by atoms with E-state index in [-0.39, 0.29) is 5.82 Å². The molecule has 0 N–H and O–H groups in total. The van der Waals surface area contributed by atoms with E-state index in [0.717, 1.165) is 16.5 Å². The van der Waals surface area contributed by atoms with Gasteiger partial charge in [0.2, 0.25) is 0 Å². The predicted molar refractivity (Wildman–Crippen MR) is 81.3 cm³/mol. The first-order valence-corrected chi connectivity index (χ1v) is 6.93. The number of allylic oxidation sites excluding steroid dienone is 2.